The van der Waals surface area contributed by atoms with Crippen LogP contribution in [0.5, 0.6) is 5.88 Å². The van der Waals surface area contributed by atoms with Gasteiger partial charge in [0, 0.05) is 18.8 Å². The minimum Gasteiger partial charge on any atom is -0.414 e. The lowest BCUT2D eigenvalue weighted by molar-refractivity contribution is -0.168. The minimum absolute atomic E-state index is 0.0601. The van der Waals surface area contributed by atoms with E-state index in [0.29, 0.717) is 23.1 Å². The van der Waals surface area contributed by atoms with Gasteiger partial charge in [0.1, 0.15) is 10.9 Å². The zero-order valence-corrected chi connectivity index (χ0v) is 20.5. The van der Waals surface area contributed by atoms with Crippen LogP contribution in [-0.2, 0) is 13.2 Å². The summed E-state index contributed by atoms with van der Waals surface area (Å²) in [5.74, 6) is -2.55. The Kier molecular flexibility index (Phi) is 6.50. The fourth-order valence-electron chi connectivity index (χ4n) is 3.33. The summed E-state index contributed by atoms with van der Waals surface area (Å²) in [4.78, 5) is 12.6. The number of hydrogen-bond donors (Lipinski definition) is 1. The quantitative estimate of drug-likeness (QED) is 0.304. The zero-order valence-electron chi connectivity index (χ0n) is 18.2. The maximum atomic E-state index is 13.9. The second kappa shape index (κ2) is 9.04. The Morgan fingerprint density at radius 3 is 2.58 bits per heavy atom. The van der Waals surface area contributed by atoms with E-state index >= 15 is 0 Å². The summed E-state index contributed by atoms with van der Waals surface area (Å²) in [5, 5.41) is 18.5. The highest BCUT2D eigenvalue weighted by atomic mass is 79.9. The van der Waals surface area contributed by atoms with Crippen molar-refractivity contribution in [1.29, 1.82) is 5.26 Å². The average molecular weight is 594 g/mol. The van der Waals surface area contributed by atoms with E-state index in [1.165, 1.54) is 30.6 Å². The van der Waals surface area contributed by atoms with Gasteiger partial charge in [0.25, 0.3) is 5.91 Å². The fourth-order valence-corrected chi connectivity index (χ4v) is 3.65. The number of aryl methyl sites for hydroxylation is 1. The summed E-state index contributed by atoms with van der Waals surface area (Å²) in [5.41, 5.74) is -1.74. The molecule has 2 aromatic heterocycles. The lowest BCUT2D eigenvalue weighted by Crippen LogP contribution is -2.35. The second-order valence-electron chi connectivity index (χ2n) is 8.01. The van der Waals surface area contributed by atoms with Crippen LogP contribution in [0, 0.1) is 11.3 Å². The second-order valence-corrected chi connectivity index (χ2v) is 8.98. The summed E-state index contributed by atoms with van der Waals surface area (Å²) in [6.07, 6.45) is -5.60. The minimum atomic E-state index is -5.10. The third kappa shape index (κ3) is 5.03. The van der Waals surface area contributed by atoms with Gasteiger partial charge in [-0.25, -0.2) is 9.36 Å². The van der Waals surface area contributed by atoms with Gasteiger partial charge in [-0.05, 0) is 30.5 Å². The van der Waals surface area contributed by atoms with Crippen molar-refractivity contribution in [3.8, 4) is 28.9 Å². The molecule has 36 heavy (non-hydrogen) atoms. The number of rotatable bonds is 7. The monoisotopic (exact) mass is 592 g/mol. The van der Waals surface area contributed by atoms with Crippen molar-refractivity contribution >= 4 is 33.4 Å². The van der Waals surface area contributed by atoms with E-state index in [2.05, 4.69) is 36.2 Å². The molecule has 0 aliphatic heterocycles. The summed E-state index contributed by atoms with van der Waals surface area (Å²) in [7, 11) is 1.03. The van der Waals surface area contributed by atoms with E-state index < -0.39 is 46.3 Å². The Hall–Kier alpha value is -3.18. The molecule has 1 aromatic carbocycles. The first-order valence-electron chi connectivity index (χ1n) is 10.1. The SMILES string of the molecule is Cn1nc(-n2cc(-c3ccc(Cl)c(C(=O)NC4(C#N)CC4)c3)cn2)c(C(F)(F)F)c1OC(F)(F)CBr. The van der Waals surface area contributed by atoms with Crippen LogP contribution in [0.3, 0.4) is 0 Å². The number of hydrogen-bond acceptors (Lipinski definition) is 5. The molecule has 0 unspecified atom stereocenters. The average Bonchev–Trinajstić information content (AvgIpc) is 3.25. The normalized spacial score (nSPS) is 14.9. The molecule has 8 nitrogen and oxygen atoms in total. The molecule has 1 N–H and O–H groups in total. The van der Waals surface area contributed by atoms with Crippen LogP contribution in [0.15, 0.2) is 30.6 Å². The van der Waals surface area contributed by atoms with Gasteiger partial charge in [-0.15, -0.1) is 5.10 Å². The van der Waals surface area contributed by atoms with Crippen molar-refractivity contribution in [1.82, 2.24) is 24.9 Å². The van der Waals surface area contributed by atoms with Gasteiger partial charge in [0.2, 0.25) is 5.88 Å². The van der Waals surface area contributed by atoms with Gasteiger partial charge in [-0.2, -0.15) is 32.3 Å². The number of nitrogens with one attached hydrogen (secondary N) is 1. The van der Waals surface area contributed by atoms with Gasteiger partial charge in [-0.1, -0.05) is 33.6 Å². The predicted molar refractivity (Wildman–Crippen MR) is 120 cm³/mol. The van der Waals surface area contributed by atoms with Crippen molar-refractivity contribution in [2.24, 2.45) is 7.05 Å². The van der Waals surface area contributed by atoms with Crippen LogP contribution in [0.2, 0.25) is 5.02 Å². The van der Waals surface area contributed by atoms with Crippen molar-refractivity contribution in [2.75, 3.05) is 5.33 Å². The predicted octanol–water partition coefficient (Wildman–Crippen LogP) is 5.10. The van der Waals surface area contributed by atoms with Crippen molar-refractivity contribution in [3.63, 3.8) is 0 Å². The standard InChI is InChI=1S/C21H15BrClF5N6O2/c1-33-18(36-20(24,25)9-22)15(21(26,27)28)16(32-33)34-8-12(7-30-34)11-2-3-14(23)13(6-11)17(35)31-19(10-29)4-5-19/h2-3,6-8H,4-5,9H2,1H3,(H,31,35). The van der Waals surface area contributed by atoms with E-state index in [9.17, 15) is 32.0 Å². The third-order valence-electron chi connectivity index (χ3n) is 5.32. The fraction of sp³-hybridized carbons (Fsp3) is 0.333. The number of aromatic nitrogens is 4. The largest absolute Gasteiger partial charge is 0.425 e. The van der Waals surface area contributed by atoms with Gasteiger partial charge in [-0.3, -0.25) is 4.79 Å². The highest BCUT2D eigenvalue weighted by Gasteiger charge is 2.46. The van der Waals surface area contributed by atoms with E-state index in [-0.39, 0.29) is 16.1 Å². The van der Waals surface area contributed by atoms with Crippen molar-refractivity contribution in [2.45, 2.75) is 30.7 Å². The van der Waals surface area contributed by atoms with E-state index in [1.807, 2.05) is 6.07 Å². The molecule has 190 valence electrons. The summed E-state index contributed by atoms with van der Waals surface area (Å²) in [6, 6.07) is 6.38. The van der Waals surface area contributed by atoms with Crippen molar-refractivity contribution < 1.29 is 31.5 Å². The first kappa shape index (κ1) is 25.9. The molecule has 2 heterocycles. The van der Waals surface area contributed by atoms with Crippen LogP contribution >= 0.6 is 27.5 Å². The molecule has 1 aliphatic rings. The molecule has 0 radical (unpaired) electrons. The first-order chi connectivity index (χ1) is 16.8. The molecule has 15 heteroatoms. The Morgan fingerprint density at radius 1 is 1.31 bits per heavy atom. The van der Waals surface area contributed by atoms with E-state index in [1.54, 1.807) is 0 Å². The van der Waals surface area contributed by atoms with Crippen LogP contribution in [-0.4, -0.2) is 42.4 Å². The van der Waals surface area contributed by atoms with E-state index in [0.717, 1.165) is 11.7 Å². The van der Waals surface area contributed by atoms with Gasteiger partial charge >= 0.3 is 12.3 Å². The van der Waals surface area contributed by atoms with Crippen LogP contribution in [0.25, 0.3) is 16.9 Å². The van der Waals surface area contributed by atoms with Crippen LogP contribution < -0.4 is 10.1 Å². The number of nitriles is 1. The molecule has 3 aromatic rings. The summed E-state index contributed by atoms with van der Waals surface area (Å²) in [6.45, 7) is 0. The molecule has 0 bridgehead atoms. The maximum absolute atomic E-state index is 13.9. The Balaban J connectivity index is 1.71. The number of ether oxygens (including phenoxy) is 1. The molecular weight excluding hydrogens is 579 g/mol. The highest BCUT2D eigenvalue weighted by Crippen LogP contribution is 2.42. The lowest BCUT2D eigenvalue weighted by Gasteiger charge is -2.17. The molecule has 0 spiro atoms. The number of benzene rings is 1. The highest BCUT2D eigenvalue weighted by molar-refractivity contribution is 9.09. The molecule has 0 atom stereocenters. The first-order valence-corrected chi connectivity index (χ1v) is 11.6. The Labute approximate surface area is 213 Å². The number of carbonyl (C=O) groups is 1. The number of nitrogens with zero attached hydrogens (tertiary/aromatic N) is 5. The summed E-state index contributed by atoms with van der Waals surface area (Å²) >= 11 is 8.64. The number of halogens is 7. The Bertz CT molecular complexity index is 1380. The molecule has 1 saturated carbocycles. The molecule has 0 saturated heterocycles. The van der Waals surface area contributed by atoms with Crippen molar-refractivity contribution in [3.05, 3.63) is 46.7 Å². The number of alkyl halides is 6. The topological polar surface area (TPSA) is 97.8 Å². The molecule has 1 amide bonds. The molecular formula is C21H15BrClF5N6O2. The molecule has 4 rings (SSSR count). The van der Waals surface area contributed by atoms with E-state index in [4.69, 9.17) is 11.6 Å². The zero-order chi connectivity index (χ0) is 26.5. The smallest absolute Gasteiger partial charge is 0.414 e. The maximum Gasteiger partial charge on any atom is 0.425 e. The lowest BCUT2D eigenvalue weighted by atomic mass is 10.1. The van der Waals surface area contributed by atoms with Gasteiger partial charge in [0.05, 0.1) is 22.9 Å². The van der Waals surface area contributed by atoms with Gasteiger partial charge in [0.15, 0.2) is 11.4 Å². The molecule has 1 fully saturated rings. The van der Waals surface area contributed by atoms with Gasteiger partial charge < -0.3 is 10.1 Å². The van der Waals surface area contributed by atoms with Crippen LogP contribution in [0.4, 0.5) is 22.0 Å². The summed E-state index contributed by atoms with van der Waals surface area (Å²) < 4.78 is 74.7. The number of amides is 1. The van der Waals surface area contributed by atoms with Crippen LogP contribution in [0.1, 0.15) is 28.8 Å². The number of carbonyl (C=O) groups excluding carboxylic acids is 1. The third-order valence-corrected chi connectivity index (χ3v) is 6.30. The molecule has 1 aliphatic carbocycles. The Morgan fingerprint density at radius 2 is 2.00 bits per heavy atom.